The molecule has 1 aromatic heterocycles. The quantitative estimate of drug-likeness (QED) is 0.773. The number of rotatable bonds is 4. The van der Waals surface area contributed by atoms with Crippen molar-refractivity contribution in [1.82, 2.24) is 20.2 Å². The Morgan fingerprint density at radius 2 is 2.38 bits per heavy atom. The van der Waals surface area contributed by atoms with E-state index in [9.17, 15) is 4.79 Å². The molecule has 0 saturated heterocycles. The first-order chi connectivity index (χ1) is 7.83. The standard InChI is InChI=1S/C10H11N5O/c1-2-15-13-10(12-14-15)8-4-3-5-9(6-8)11-7-16/h3-7H,2H2,1H3,(H,11,16). The van der Waals surface area contributed by atoms with Crippen LogP contribution in [0.2, 0.25) is 0 Å². The third kappa shape index (κ3) is 2.05. The highest BCUT2D eigenvalue weighted by atomic mass is 16.1. The first kappa shape index (κ1) is 10.3. The lowest BCUT2D eigenvalue weighted by Crippen LogP contribution is -1.98. The number of aromatic nitrogens is 4. The Morgan fingerprint density at radius 1 is 1.50 bits per heavy atom. The Labute approximate surface area is 92.3 Å². The number of carbonyl (C=O) groups is 1. The van der Waals surface area contributed by atoms with E-state index < -0.39 is 0 Å². The fourth-order valence-corrected chi connectivity index (χ4v) is 1.31. The minimum atomic E-state index is 0.552. The molecule has 0 saturated carbocycles. The first-order valence-electron chi connectivity index (χ1n) is 4.92. The number of hydrogen-bond acceptors (Lipinski definition) is 4. The van der Waals surface area contributed by atoms with Crippen molar-refractivity contribution in [2.24, 2.45) is 0 Å². The maximum atomic E-state index is 10.3. The number of carbonyl (C=O) groups excluding carboxylic acids is 1. The molecule has 1 aromatic carbocycles. The van der Waals surface area contributed by atoms with Gasteiger partial charge in [0.2, 0.25) is 12.2 Å². The van der Waals surface area contributed by atoms with Gasteiger partial charge in [0.25, 0.3) is 0 Å². The Morgan fingerprint density at radius 3 is 3.06 bits per heavy atom. The second-order valence-corrected chi connectivity index (χ2v) is 3.14. The van der Waals surface area contributed by atoms with Crippen LogP contribution in [0.4, 0.5) is 5.69 Å². The van der Waals surface area contributed by atoms with Gasteiger partial charge in [-0.05, 0) is 24.3 Å². The van der Waals surface area contributed by atoms with Crippen LogP contribution in [-0.2, 0) is 11.3 Å². The average molecular weight is 217 g/mol. The summed E-state index contributed by atoms with van der Waals surface area (Å²) in [5.41, 5.74) is 1.53. The fraction of sp³-hybridized carbons (Fsp3) is 0.200. The predicted molar refractivity (Wildman–Crippen MR) is 58.6 cm³/mol. The average Bonchev–Trinajstić information content (AvgIpc) is 2.78. The van der Waals surface area contributed by atoms with Crippen molar-refractivity contribution in [3.05, 3.63) is 24.3 Å². The highest BCUT2D eigenvalue weighted by molar-refractivity contribution is 5.74. The monoisotopic (exact) mass is 217 g/mol. The van der Waals surface area contributed by atoms with E-state index in [1.54, 1.807) is 12.1 Å². The Balaban J connectivity index is 2.32. The van der Waals surface area contributed by atoms with Gasteiger partial charge >= 0.3 is 0 Å². The zero-order valence-corrected chi connectivity index (χ0v) is 8.79. The molecule has 0 radical (unpaired) electrons. The third-order valence-corrected chi connectivity index (χ3v) is 2.08. The van der Waals surface area contributed by atoms with Gasteiger partial charge < -0.3 is 5.32 Å². The molecule has 2 rings (SSSR count). The lowest BCUT2D eigenvalue weighted by Gasteiger charge is -1.99. The number of tetrazole rings is 1. The van der Waals surface area contributed by atoms with E-state index in [1.807, 2.05) is 19.1 Å². The maximum Gasteiger partial charge on any atom is 0.211 e. The van der Waals surface area contributed by atoms with Crippen LogP contribution >= 0.6 is 0 Å². The van der Waals surface area contributed by atoms with Crippen molar-refractivity contribution in [3.63, 3.8) is 0 Å². The topological polar surface area (TPSA) is 72.7 Å². The van der Waals surface area contributed by atoms with Crippen LogP contribution in [0.25, 0.3) is 11.4 Å². The molecular weight excluding hydrogens is 206 g/mol. The van der Waals surface area contributed by atoms with Gasteiger partial charge in [-0.2, -0.15) is 4.80 Å². The molecule has 0 atom stereocenters. The number of nitrogens with zero attached hydrogens (tertiary/aromatic N) is 4. The van der Waals surface area contributed by atoms with E-state index in [4.69, 9.17) is 0 Å². The minimum absolute atomic E-state index is 0.552. The summed E-state index contributed by atoms with van der Waals surface area (Å²) in [6, 6.07) is 7.29. The molecule has 0 aliphatic heterocycles. The van der Waals surface area contributed by atoms with Gasteiger partial charge in [0.1, 0.15) is 0 Å². The molecule has 0 aliphatic carbocycles. The number of anilines is 1. The summed E-state index contributed by atoms with van der Waals surface area (Å²) < 4.78 is 0. The summed E-state index contributed by atoms with van der Waals surface area (Å²) in [4.78, 5) is 11.8. The van der Waals surface area contributed by atoms with E-state index in [0.717, 1.165) is 5.56 Å². The van der Waals surface area contributed by atoms with E-state index in [-0.39, 0.29) is 0 Å². The Bertz CT molecular complexity index is 493. The van der Waals surface area contributed by atoms with E-state index in [2.05, 4.69) is 20.7 Å². The van der Waals surface area contributed by atoms with Crippen molar-refractivity contribution >= 4 is 12.1 Å². The number of nitrogens with one attached hydrogen (secondary N) is 1. The fourth-order valence-electron chi connectivity index (χ4n) is 1.31. The van der Waals surface area contributed by atoms with E-state index in [0.29, 0.717) is 24.5 Å². The molecule has 0 aliphatic rings. The number of amides is 1. The third-order valence-electron chi connectivity index (χ3n) is 2.08. The maximum absolute atomic E-state index is 10.3. The van der Waals surface area contributed by atoms with Gasteiger partial charge in [0.15, 0.2) is 0 Å². The SMILES string of the molecule is CCn1nnc(-c2cccc(NC=O)c2)n1. The van der Waals surface area contributed by atoms with Crippen LogP contribution < -0.4 is 5.32 Å². The summed E-state index contributed by atoms with van der Waals surface area (Å²) in [6.45, 7) is 2.62. The Kier molecular flexibility index (Phi) is 2.90. The van der Waals surface area contributed by atoms with Crippen LogP contribution in [0, 0.1) is 0 Å². The molecule has 0 fully saturated rings. The summed E-state index contributed by atoms with van der Waals surface area (Å²) in [6.07, 6.45) is 0.634. The summed E-state index contributed by atoms with van der Waals surface area (Å²) >= 11 is 0. The molecule has 0 unspecified atom stereocenters. The van der Waals surface area contributed by atoms with Gasteiger partial charge in [-0.3, -0.25) is 4.79 Å². The van der Waals surface area contributed by atoms with Crippen LogP contribution in [0.1, 0.15) is 6.92 Å². The molecule has 6 nitrogen and oxygen atoms in total. The smallest absolute Gasteiger partial charge is 0.211 e. The van der Waals surface area contributed by atoms with Crippen LogP contribution in [0.5, 0.6) is 0 Å². The number of aryl methyl sites for hydroxylation is 1. The number of hydrogen-bond donors (Lipinski definition) is 1. The molecule has 0 spiro atoms. The van der Waals surface area contributed by atoms with Crippen molar-refractivity contribution in [1.29, 1.82) is 0 Å². The number of benzene rings is 1. The molecule has 82 valence electrons. The minimum Gasteiger partial charge on any atom is -0.329 e. The van der Waals surface area contributed by atoms with E-state index in [1.165, 1.54) is 4.80 Å². The lowest BCUT2D eigenvalue weighted by molar-refractivity contribution is -0.105. The van der Waals surface area contributed by atoms with Gasteiger partial charge in [-0.15, -0.1) is 10.2 Å². The summed E-state index contributed by atoms with van der Waals surface area (Å²) in [5.74, 6) is 0.552. The normalized spacial score (nSPS) is 10.1. The molecule has 6 heteroatoms. The lowest BCUT2D eigenvalue weighted by atomic mass is 10.2. The van der Waals surface area contributed by atoms with Crippen LogP contribution in [0.3, 0.4) is 0 Å². The first-order valence-corrected chi connectivity index (χ1v) is 4.92. The van der Waals surface area contributed by atoms with Crippen molar-refractivity contribution < 1.29 is 4.79 Å². The molecule has 16 heavy (non-hydrogen) atoms. The van der Waals surface area contributed by atoms with Crippen LogP contribution in [0.15, 0.2) is 24.3 Å². The van der Waals surface area contributed by atoms with Gasteiger partial charge in [0.05, 0.1) is 6.54 Å². The van der Waals surface area contributed by atoms with Gasteiger partial charge in [-0.25, -0.2) is 0 Å². The molecule has 1 N–H and O–H groups in total. The molecule has 1 heterocycles. The highest BCUT2D eigenvalue weighted by Gasteiger charge is 2.05. The van der Waals surface area contributed by atoms with Crippen molar-refractivity contribution in [2.75, 3.05) is 5.32 Å². The highest BCUT2D eigenvalue weighted by Crippen LogP contribution is 2.17. The Hall–Kier alpha value is -2.24. The molecule has 0 bridgehead atoms. The zero-order chi connectivity index (χ0) is 11.4. The largest absolute Gasteiger partial charge is 0.329 e. The van der Waals surface area contributed by atoms with Crippen molar-refractivity contribution in [3.8, 4) is 11.4 Å². The molecular formula is C10H11N5O. The summed E-state index contributed by atoms with van der Waals surface area (Å²) in [7, 11) is 0. The summed E-state index contributed by atoms with van der Waals surface area (Å²) in [5, 5.41) is 14.6. The van der Waals surface area contributed by atoms with Crippen molar-refractivity contribution in [2.45, 2.75) is 13.5 Å². The van der Waals surface area contributed by atoms with E-state index >= 15 is 0 Å². The predicted octanol–water partition coefficient (Wildman–Crippen LogP) is 0.928. The molecule has 2 aromatic rings. The zero-order valence-electron chi connectivity index (χ0n) is 8.79. The second kappa shape index (κ2) is 4.52. The van der Waals surface area contributed by atoms with Crippen LogP contribution in [-0.4, -0.2) is 26.6 Å². The second-order valence-electron chi connectivity index (χ2n) is 3.14. The van der Waals surface area contributed by atoms with Gasteiger partial charge in [0, 0.05) is 11.3 Å². The van der Waals surface area contributed by atoms with Gasteiger partial charge in [-0.1, -0.05) is 12.1 Å². The molecule has 1 amide bonds.